The second-order valence-corrected chi connectivity index (χ2v) is 6.95. The fourth-order valence-corrected chi connectivity index (χ4v) is 4.23. The Hall–Kier alpha value is -1.34. The Morgan fingerprint density at radius 2 is 2.04 bits per heavy atom. The van der Waals surface area contributed by atoms with Gasteiger partial charge >= 0.3 is 0 Å². The number of halogens is 2. The highest BCUT2D eigenvalue weighted by molar-refractivity contribution is 5.85. The normalized spacial score (nSPS) is 24.7. The number of amides is 1. The van der Waals surface area contributed by atoms with Gasteiger partial charge in [-0.1, -0.05) is 12.1 Å². The lowest BCUT2D eigenvalue weighted by Gasteiger charge is -2.27. The lowest BCUT2D eigenvalue weighted by Crippen LogP contribution is -2.40. The summed E-state index contributed by atoms with van der Waals surface area (Å²) < 4.78 is 8.08. The van der Waals surface area contributed by atoms with Gasteiger partial charge in [0, 0.05) is 19.6 Å². The number of nitrogens with two attached hydrogens (primary N) is 1. The zero-order valence-corrected chi connectivity index (χ0v) is 17.2. The molecule has 2 aliphatic heterocycles. The third kappa shape index (κ3) is 3.94. The molecule has 0 aliphatic carbocycles. The van der Waals surface area contributed by atoms with Crippen molar-refractivity contribution in [3.63, 3.8) is 0 Å². The summed E-state index contributed by atoms with van der Waals surface area (Å²) in [6.07, 6.45) is 3.30. The fraction of sp³-hybridized carbons (Fsp3) is 0.579. The summed E-state index contributed by atoms with van der Waals surface area (Å²) in [6.45, 7) is 4.25. The molecule has 2 fully saturated rings. The number of carbonyl (C=O) groups excluding carboxylic acids is 1. The summed E-state index contributed by atoms with van der Waals surface area (Å²) in [5.74, 6) is 1.11. The van der Waals surface area contributed by atoms with Crippen LogP contribution in [0.2, 0.25) is 0 Å². The van der Waals surface area contributed by atoms with Crippen molar-refractivity contribution in [3.05, 3.63) is 30.1 Å². The number of aromatic nitrogens is 2. The number of rotatable bonds is 4. The molecule has 4 rings (SSSR count). The van der Waals surface area contributed by atoms with Crippen LogP contribution in [0.25, 0.3) is 11.0 Å². The molecule has 1 aromatic carbocycles. The third-order valence-corrected chi connectivity index (χ3v) is 5.48. The summed E-state index contributed by atoms with van der Waals surface area (Å²) in [5.41, 5.74) is 7.82. The molecular weight excluding hydrogens is 387 g/mol. The first-order valence-corrected chi connectivity index (χ1v) is 9.34. The number of fused-ring (bicyclic) bond motifs is 1. The molecule has 2 saturated heterocycles. The Bertz CT molecular complexity index is 782. The number of hydrogen-bond donors (Lipinski definition) is 1. The molecule has 2 aliphatic rings. The summed E-state index contributed by atoms with van der Waals surface area (Å²) in [6, 6.07) is 8.23. The molecule has 3 heterocycles. The molecule has 27 heavy (non-hydrogen) atoms. The Labute approximate surface area is 172 Å². The van der Waals surface area contributed by atoms with E-state index in [1.54, 1.807) is 0 Å². The number of likely N-dealkylation sites (tertiary alicyclic amines) is 1. The van der Waals surface area contributed by atoms with E-state index in [1.807, 2.05) is 23.1 Å². The first kappa shape index (κ1) is 22.0. The first-order chi connectivity index (χ1) is 12.2. The van der Waals surface area contributed by atoms with Gasteiger partial charge in [0.1, 0.15) is 11.9 Å². The number of carbonyl (C=O) groups is 1. The van der Waals surface area contributed by atoms with Gasteiger partial charge in [0.05, 0.1) is 23.2 Å². The Kier molecular flexibility index (Phi) is 7.51. The van der Waals surface area contributed by atoms with Gasteiger partial charge in [0.2, 0.25) is 0 Å². The van der Waals surface area contributed by atoms with Gasteiger partial charge in [-0.05, 0) is 44.7 Å². The molecule has 0 bridgehead atoms. The quantitative estimate of drug-likeness (QED) is 0.833. The van der Waals surface area contributed by atoms with E-state index in [-0.39, 0.29) is 49.0 Å². The monoisotopic (exact) mass is 414 g/mol. The first-order valence-electron chi connectivity index (χ1n) is 9.34. The predicted octanol–water partition coefficient (Wildman–Crippen LogP) is 3.07. The van der Waals surface area contributed by atoms with Crippen LogP contribution in [0.1, 0.15) is 44.5 Å². The largest absolute Gasteiger partial charge is 0.364 e. The summed E-state index contributed by atoms with van der Waals surface area (Å²) >= 11 is 0. The summed E-state index contributed by atoms with van der Waals surface area (Å²) in [4.78, 5) is 19.9. The summed E-state index contributed by atoms with van der Waals surface area (Å²) in [5, 5.41) is 0. The van der Waals surface area contributed by atoms with Gasteiger partial charge < -0.3 is 19.9 Å². The number of nitrogens with zero attached hydrogens (tertiary/aromatic N) is 3. The molecule has 1 aromatic heterocycles. The van der Waals surface area contributed by atoms with Crippen LogP contribution in [0, 0.1) is 0 Å². The third-order valence-electron chi connectivity index (χ3n) is 5.48. The fourth-order valence-electron chi connectivity index (χ4n) is 4.23. The van der Waals surface area contributed by atoms with Crippen molar-refractivity contribution >= 4 is 41.8 Å². The second-order valence-electron chi connectivity index (χ2n) is 6.95. The van der Waals surface area contributed by atoms with Crippen molar-refractivity contribution in [2.45, 2.75) is 57.4 Å². The molecule has 2 N–H and O–H groups in total. The molecule has 1 unspecified atom stereocenters. The zero-order valence-electron chi connectivity index (χ0n) is 15.5. The molecule has 2 aromatic rings. The van der Waals surface area contributed by atoms with Crippen molar-refractivity contribution < 1.29 is 9.53 Å². The minimum absolute atomic E-state index is 0. The van der Waals surface area contributed by atoms with Crippen LogP contribution >= 0.6 is 24.8 Å². The molecule has 0 radical (unpaired) electrons. The van der Waals surface area contributed by atoms with E-state index in [0.29, 0.717) is 6.54 Å². The Morgan fingerprint density at radius 3 is 2.74 bits per heavy atom. The van der Waals surface area contributed by atoms with Gasteiger partial charge in [-0.3, -0.25) is 4.79 Å². The maximum Gasteiger partial charge on any atom is 0.252 e. The van der Waals surface area contributed by atoms with Gasteiger partial charge in [-0.25, -0.2) is 4.98 Å². The molecule has 8 heteroatoms. The molecule has 0 saturated carbocycles. The predicted molar refractivity (Wildman–Crippen MR) is 111 cm³/mol. The number of benzene rings is 1. The van der Waals surface area contributed by atoms with Gasteiger partial charge in [-0.2, -0.15) is 0 Å². The van der Waals surface area contributed by atoms with E-state index in [4.69, 9.17) is 15.5 Å². The smallest absolute Gasteiger partial charge is 0.252 e. The SMILES string of the molecule is CCn1c(C2CCCN2C(=O)[C@@H]2CC[C@H](CN)O2)nc2ccccc21.Cl.Cl. The highest BCUT2D eigenvalue weighted by Crippen LogP contribution is 2.35. The van der Waals surface area contributed by atoms with Gasteiger partial charge in [0.15, 0.2) is 0 Å². The number of aryl methyl sites for hydroxylation is 1. The van der Waals surface area contributed by atoms with Crippen LogP contribution in [-0.2, 0) is 16.1 Å². The lowest BCUT2D eigenvalue weighted by atomic mass is 10.1. The minimum Gasteiger partial charge on any atom is -0.364 e. The van der Waals surface area contributed by atoms with Gasteiger partial charge in [0.25, 0.3) is 5.91 Å². The molecule has 150 valence electrons. The number of hydrogen-bond acceptors (Lipinski definition) is 4. The van der Waals surface area contributed by atoms with Crippen LogP contribution < -0.4 is 5.73 Å². The van der Waals surface area contributed by atoms with E-state index in [0.717, 1.165) is 55.6 Å². The Morgan fingerprint density at radius 1 is 1.26 bits per heavy atom. The van der Waals surface area contributed by atoms with Crippen LogP contribution in [0.15, 0.2) is 24.3 Å². The van der Waals surface area contributed by atoms with Crippen molar-refractivity contribution in [1.82, 2.24) is 14.5 Å². The van der Waals surface area contributed by atoms with E-state index in [2.05, 4.69) is 17.6 Å². The Balaban J connectivity index is 0.00000131. The standard InChI is InChI=1S/C19H26N4O2.2ClH/c1-2-22-15-7-4-3-6-14(15)21-18(22)16-8-5-11-23(16)19(24)17-10-9-13(12-20)25-17;;/h3-4,6-7,13,16-17H,2,5,8-12,20H2,1H3;2*1H/t13-,16?,17+;;/m1../s1. The highest BCUT2D eigenvalue weighted by Gasteiger charge is 2.39. The molecule has 1 amide bonds. The minimum atomic E-state index is -0.339. The topological polar surface area (TPSA) is 73.4 Å². The number of para-hydroxylation sites is 2. The van der Waals surface area contributed by atoms with Crippen LogP contribution in [0.3, 0.4) is 0 Å². The molecular formula is C19H28Cl2N4O2. The maximum absolute atomic E-state index is 13.0. The van der Waals surface area contributed by atoms with Gasteiger partial charge in [-0.15, -0.1) is 24.8 Å². The maximum atomic E-state index is 13.0. The van der Waals surface area contributed by atoms with Crippen molar-refractivity contribution in [1.29, 1.82) is 0 Å². The van der Waals surface area contributed by atoms with E-state index in [9.17, 15) is 4.79 Å². The van der Waals surface area contributed by atoms with Crippen LogP contribution in [0.5, 0.6) is 0 Å². The summed E-state index contributed by atoms with van der Waals surface area (Å²) in [7, 11) is 0. The molecule has 3 atom stereocenters. The second kappa shape index (κ2) is 9.24. The molecule has 6 nitrogen and oxygen atoms in total. The van der Waals surface area contributed by atoms with Crippen molar-refractivity contribution in [2.24, 2.45) is 5.73 Å². The van der Waals surface area contributed by atoms with Crippen LogP contribution in [-0.4, -0.2) is 45.7 Å². The van der Waals surface area contributed by atoms with Crippen molar-refractivity contribution in [2.75, 3.05) is 13.1 Å². The lowest BCUT2D eigenvalue weighted by molar-refractivity contribution is -0.143. The average molecular weight is 415 g/mol. The van der Waals surface area contributed by atoms with Crippen molar-refractivity contribution in [3.8, 4) is 0 Å². The van der Waals surface area contributed by atoms with E-state index in [1.165, 1.54) is 0 Å². The zero-order chi connectivity index (χ0) is 17.4. The van der Waals surface area contributed by atoms with E-state index >= 15 is 0 Å². The molecule has 0 spiro atoms. The highest BCUT2D eigenvalue weighted by atomic mass is 35.5. The van der Waals surface area contributed by atoms with Crippen LogP contribution in [0.4, 0.5) is 0 Å². The van der Waals surface area contributed by atoms with E-state index < -0.39 is 0 Å². The number of imidazole rings is 1. The average Bonchev–Trinajstić information content (AvgIpc) is 3.37. The number of ether oxygens (including phenoxy) is 1.